The second-order valence-corrected chi connectivity index (χ2v) is 4.00. The predicted molar refractivity (Wildman–Crippen MR) is 44.6 cm³/mol. The Morgan fingerprint density at radius 2 is 2.00 bits per heavy atom. The maximum absolute atomic E-state index is 10.4. The number of nitrogens with one attached hydrogen (secondary N) is 1. The molecular formula is C8H17NO2. The summed E-state index contributed by atoms with van der Waals surface area (Å²) in [6.07, 6.45) is 0. The van der Waals surface area contributed by atoms with E-state index in [1.165, 1.54) is 0 Å². The van der Waals surface area contributed by atoms with E-state index in [0.29, 0.717) is 0 Å². The first-order valence-corrected chi connectivity index (χ1v) is 3.79. The van der Waals surface area contributed by atoms with Crippen molar-refractivity contribution in [2.75, 3.05) is 6.54 Å². The van der Waals surface area contributed by atoms with Crippen LogP contribution in [-0.4, -0.2) is 23.7 Å². The van der Waals surface area contributed by atoms with Gasteiger partial charge >= 0.3 is 5.97 Å². The van der Waals surface area contributed by atoms with Gasteiger partial charge in [-0.05, 0) is 12.3 Å². The van der Waals surface area contributed by atoms with Gasteiger partial charge in [0, 0.05) is 6.54 Å². The first-order chi connectivity index (χ1) is 4.83. The third kappa shape index (κ3) is 5.85. The molecule has 0 aliphatic rings. The monoisotopic (exact) mass is 159 g/mol. The van der Waals surface area contributed by atoms with Crippen molar-refractivity contribution in [2.45, 2.75) is 33.7 Å². The summed E-state index contributed by atoms with van der Waals surface area (Å²) in [4.78, 5) is 10.4. The Labute approximate surface area is 67.8 Å². The van der Waals surface area contributed by atoms with Gasteiger partial charge in [0.25, 0.3) is 0 Å². The molecule has 0 aromatic heterocycles. The minimum Gasteiger partial charge on any atom is -0.480 e. The molecule has 0 heterocycles. The number of carbonyl (C=O) groups is 1. The SMILES string of the molecule is CC(NCC(C)(C)C)C(=O)O. The number of hydrogen-bond acceptors (Lipinski definition) is 2. The summed E-state index contributed by atoms with van der Waals surface area (Å²) < 4.78 is 0. The van der Waals surface area contributed by atoms with Crippen molar-refractivity contribution in [3.05, 3.63) is 0 Å². The predicted octanol–water partition coefficient (Wildman–Crippen LogP) is 1.10. The highest BCUT2D eigenvalue weighted by molar-refractivity contribution is 5.72. The zero-order chi connectivity index (χ0) is 9.07. The van der Waals surface area contributed by atoms with E-state index in [2.05, 4.69) is 26.1 Å². The maximum Gasteiger partial charge on any atom is 0.320 e. The van der Waals surface area contributed by atoms with Crippen LogP contribution in [0.1, 0.15) is 27.7 Å². The Hall–Kier alpha value is -0.570. The summed E-state index contributed by atoms with van der Waals surface area (Å²) in [6, 6.07) is -0.450. The molecule has 0 saturated heterocycles. The fourth-order valence-electron chi connectivity index (χ4n) is 0.547. The van der Waals surface area contributed by atoms with Gasteiger partial charge in [-0.3, -0.25) is 4.79 Å². The summed E-state index contributed by atoms with van der Waals surface area (Å²) in [7, 11) is 0. The van der Waals surface area contributed by atoms with Gasteiger partial charge in [0.2, 0.25) is 0 Å². The molecule has 3 nitrogen and oxygen atoms in total. The standard InChI is InChI=1S/C8H17NO2/c1-6(7(10)11)9-5-8(2,3)4/h6,9H,5H2,1-4H3,(H,10,11). The van der Waals surface area contributed by atoms with Crippen LogP contribution in [0.3, 0.4) is 0 Å². The largest absolute Gasteiger partial charge is 0.480 e. The summed E-state index contributed by atoms with van der Waals surface area (Å²) in [6.45, 7) is 8.56. The fourth-order valence-corrected chi connectivity index (χ4v) is 0.547. The van der Waals surface area contributed by atoms with Crippen molar-refractivity contribution in [1.82, 2.24) is 5.32 Å². The van der Waals surface area contributed by atoms with Crippen LogP contribution in [0.2, 0.25) is 0 Å². The summed E-state index contributed by atoms with van der Waals surface area (Å²) in [5.41, 5.74) is 0.143. The highest BCUT2D eigenvalue weighted by Gasteiger charge is 2.14. The Morgan fingerprint density at radius 3 is 2.27 bits per heavy atom. The highest BCUT2D eigenvalue weighted by atomic mass is 16.4. The van der Waals surface area contributed by atoms with E-state index in [1.54, 1.807) is 6.92 Å². The molecule has 0 radical (unpaired) electrons. The smallest absolute Gasteiger partial charge is 0.320 e. The minimum atomic E-state index is -0.797. The van der Waals surface area contributed by atoms with Crippen molar-refractivity contribution in [3.8, 4) is 0 Å². The third-order valence-corrected chi connectivity index (χ3v) is 1.31. The summed E-state index contributed by atoms with van der Waals surface area (Å²) in [5.74, 6) is -0.797. The molecule has 0 aliphatic heterocycles. The quantitative estimate of drug-likeness (QED) is 0.648. The van der Waals surface area contributed by atoms with E-state index in [9.17, 15) is 4.79 Å². The minimum absolute atomic E-state index is 0.143. The van der Waals surface area contributed by atoms with Crippen molar-refractivity contribution < 1.29 is 9.90 Å². The van der Waals surface area contributed by atoms with E-state index in [0.717, 1.165) is 6.54 Å². The third-order valence-electron chi connectivity index (χ3n) is 1.31. The van der Waals surface area contributed by atoms with Gasteiger partial charge in [0.1, 0.15) is 6.04 Å². The average Bonchev–Trinajstić information content (AvgIpc) is 1.80. The Kier molecular flexibility index (Phi) is 3.52. The van der Waals surface area contributed by atoms with Gasteiger partial charge in [-0.2, -0.15) is 0 Å². The van der Waals surface area contributed by atoms with Crippen LogP contribution >= 0.6 is 0 Å². The van der Waals surface area contributed by atoms with Crippen molar-refractivity contribution in [3.63, 3.8) is 0 Å². The van der Waals surface area contributed by atoms with Gasteiger partial charge in [0.15, 0.2) is 0 Å². The van der Waals surface area contributed by atoms with E-state index < -0.39 is 12.0 Å². The lowest BCUT2D eigenvalue weighted by atomic mass is 9.97. The number of rotatable bonds is 3. The van der Waals surface area contributed by atoms with Crippen molar-refractivity contribution in [1.29, 1.82) is 0 Å². The van der Waals surface area contributed by atoms with Crippen LogP contribution in [0.4, 0.5) is 0 Å². The van der Waals surface area contributed by atoms with Crippen LogP contribution in [0.25, 0.3) is 0 Å². The molecule has 0 fully saturated rings. The second-order valence-electron chi connectivity index (χ2n) is 4.00. The molecule has 0 bridgehead atoms. The average molecular weight is 159 g/mol. The molecule has 0 aliphatic carbocycles. The number of aliphatic carboxylic acids is 1. The molecule has 0 aromatic carbocycles. The zero-order valence-corrected chi connectivity index (χ0v) is 7.64. The fraction of sp³-hybridized carbons (Fsp3) is 0.875. The molecule has 11 heavy (non-hydrogen) atoms. The number of hydrogen-bond donors (Lipinski definition) is 2. The molecule has 2 N–H and O–H groups in total. The normalized spacial score (nSPS) is 14.5. The summed E-state index contributed by atoms with van der Waals surface area (Å²) in [5, 5.41) is 11.4. The van der Waals surface area contributed by atoms with E-state index >= 15 is 0 Å². The Bertz CT molecular complexity index is 138. The van der Waals surface area contributed by atoms with Crippen LogP contribution in [0.15, 0.2) is 0 Å². The molecular weight excluding hydrogens is 142 g/mol. The summed E-state index contributed by atoms with van der Waals surface area (Å²) >= 11 is 0. The van der Waals surface area contributed by atoms with Gasteiger partial charge in [-0.1, -0.05) is 20.8 Å². The molecule has 3 heteroatoms. The van der Waals surface area contributed by atoms with Gasteiger partial charge in [0.05, 0.1) is 0 Å². The second kappa shape index (κ2) is 3.72. The highest BCUT2D eigenvalue weighted by Crippen LogP contribution is 2.10. The van der Waals surface area contributed by atoms with E-state index in [-0.39, 0.29) is 5.41 Å². The van der Waals surface area contributed by atoms with Crippen LogP contribution in [0, 0.1) is 5.41 Å². The van der Waals surface area contributed by atoms with Gasteiger partial charge < -0.3 is 10.4 Å². The maximum atomic E-state index is 10.4. The number of carboxylic acid groups (broad SMARTS) is 1. The first kappa shape index (κ1) is 10.4. The van der Waals surface area contributed by atoms with Gasteiger partial charge in [-0.25, -0.2) is 0 Å². The lowest BCUT2D eigenvalue weighted by molar-refractivity contribution is -0.139. The molecule has 0 amide bonds. The topological polar surface area (TPSA) is 49.3 Å². The Morgan fingerprint density at radius 1 is 1.55 bits per heavy atom. The van der Waals surface area contributed by atoms with Crippen LogP contribution in [0.5, 0.6) is 0 Å². The Balaban J connectivity index is 3.63. The molecule has 0 spiro atoms. The van der Waals surface area contributed by atoms with E-state index in [1.807, 2.05) is 0 Å². The van der Waals surface area contributed by atoms with Crippen molar-refractivity contribution in [2.24, 2.45) is 5.41 Å². The molecule has 0 saturated carbocycles. The molecule has 0 aromatic rings. The van der Waals surface area contributed by atoms with Crippen LogP contribution in [-0.2, 0) is 4.79 Å². The van der Waals surface area contributed by atoms with E-state index in [4.69, 9.17) is 5.11 Å². The van der Waals surface area contributed by atoms with Crippen molar-refractivity contribution >= 4 is 5.97 Å². The first-order valence-electron chi connectivity index (χ1n) is 3.79. The van der Waals surface area contributed by atoms with Gasteiger partial charge in [-0.15, -0.1) is 0 Å². The molecule has 66 valence electrons. The zero-order valence-electron chi connectivity index (χ0n) is 7.64. The lowest BCUT2D eigenvalue weighted by Gasteiger charge is -2.20. The molecule has 1 unspecified atom stereocenters. The molecule has 0 rings (SSSR count). The number of carboxylic acids is 1. The van der Waals surface area contributed by atoms with Crippen LogP contribution < -0.4 is 5.32 Å². The molecule has 1 atom stereocenters. The lowest BCUT2D eigenvalue weighted by Crippen LogP contribution is -2.38.